The SMILES string of the molecule is O=C(O)COCCOCCNC(=O)COCC(=O)O. The molecule has 0 unspecified atom stereocenters. The molecule has 9 nitrogen and oxygen atoms in total. The third-order valence-electron chi connectivity index (χ3n) is 1.62. The third-order valence-corrected chi connectivity index (χ3v) is 1.62. The number of rotatable bonds is 12. The molecule has 0 aromatic rings. The first kappa shape index (κ1) is 17.3. The number of nitrogens with one attached hydrogen (secondary N) is 1. The molecule has 0 fully saturated rings. The molecule has 0 aliphatic rings. The van der Waals surface area contributed by atoms with Crippen LogP contribution in [0.5, 0.6) is 0 Å². The van der Waals surface area contributed by atoms with Crippen molar-refractivity contribution in [2.45, 2.75) is 0 Å². The first-order chi connectivity index (χ1) is 9.02. The summed E-state index contributed by atoms with van der Waals surface area (Å²) in [4.78, 5) is 31.2. The predicted octanol–water partition coefficient (Wildman–Crippen LogP) is -1.68. The predicted molar refractivity (Wildman–Crippen MR) is 60.7 cm³/mol. The molecule has 0 saturated heterocycles. The highest BCUT2D eigenvalue weighted by atomic mass is 16.5. The maximum Gasteiger partial charge on any atom is 0.329 e. The zero-order valence-corrected chi connectivity index (χ0v) is 10.3. The number of carbonyl (C=O) groups is 3. The zero-order valence-electron chi connectivity index (χ0n) is 10.3. The topological polar surface area (TPSA) is 131 Å². The molecule has 110 valence electrons. The lowest BCUT2D eigenvalue weighted by Gasteiger charge is -2.06. The molecule has 9 heteroatoms. The van der Waals surface area contributed by atoms with Crippen LogP contribution in [0.1, 0.15) is 0 Å². The fraction of sp³-hybridized carbons (Fsp3) is 0.700. The van der Waals surface area contributed by atoms with Gasteiger partial charge in [0.1, 0.15) is 19.8 Å². The van der Waals surface area contributed by atoms with Crippen molar-refractivity contribution in [3.63, 3.8) is 0 Å². The molecule has 0 spiro atoms. The molecule has 0 aromatic heterocycles. The van der Waals surface area contributed by atoms with E-state index in [9.17, 15) is 14.4 Å². The fourth-order valence-corrected chi connectivity index (χ4v) is 0.924. The van der Waals surface area contributed by atoms with Gasteiger partial charge in [-0.05, 0) is 0 Å². The van der Waals surface area contributed by atoms with Crippen LogP contribution < -0.4 is 5.32 Å². The fourth-order valence-electron chi connectivity index (χ4n) is 0.924. The lowest BCUT2D eigenvalue weighted by atomic mass is 10.6. The van der Waals surface area contributed by atoms with E-state index in [1.807, 2.05) is 0 Å². The smallest absolute Gasteiger partial charge is 0.329 e. The highest BCUT2D eigenvalue weighted by Gasteiger charge is 2.03. The third kappa shape index (κ3) is 14.2. The van der Waals surface area contributed by atoms with Crippen molar-refractivity contribution >= 4 is 17.8 Å². The van der Waals surface area contributed by atoms with Crippen LogP contribution in [-0.4, -0.2) is 74.2 Å². The first-order valence-corrected chi connectivity index (χ1v) is 5.46. The number of ether oxygens (including phenoxy) is 3. The molecule has 0 aromatic carbocycles. The molecule has 0 bridgehead atoms. The van der Waals surface area contributed by atoms with Gasteiger partial charge in [-0.25, -0.2) is 9.59 Å². The summed E-state index contributed by atoms with van der Waals surface area (Å²) in [5.41, 5.74) is 0. The van der Waals surface area contributed by atoms with Gasteiger partial charge < -0.3 is 29.7 Å². The summed E-state index contributed by atoms with van der Waals surface area (Å²) in [7, 11) is 0. The second-order valence-corrected chi connectivity index (χ2v) is 3.30. The van der Waals surface area contributed by atoms with Crippen LogP contribution >= 0.6 is 0 Å². The van der Waals surface area contributed by atoms with E-state index in [1.54, 1.807) is 0 Å². The monoisotopic (exact) mass is 279 g/mol. The van der Waals surface area contributed by atoms with Crippen molar-refractivity contribution in [3.05, 3.63) is 0 Å². The molecular weight excluding hydrogens is 262 g/mol. The van der Waals surface area contributed by atoms with E-state index in [-0.39, 0.29) is 39.6 Å². The van der Waals surface area contributed by atoms with E-state index in [0.29, 0.717) is 0 Å². The van der Waals surface area contributed by atoms with Crippen molar-refractivity contribution in [3.8, 4) is 0 Å². The first-order valence-electron chi connectivity index (χ1n) is 5.46. The molecule has 0 rings (SSSR count). The Labute approximate surface area is 109 Å². The van der Waals surface area contributed by atoms with Crippen molar-refractivity contribution in [2.24, 2.45) is 0 Å². The number of carboxylic acids is 2. The molecule has 0 radical (unpaired) electrons. The maximum atomic E-state index is 11.1. The Kier molecular flexibility index (Phi) is 10.4. The average Bonchev–Trinajstić information content (AvgIpc) is 2.31. The van der Waals surface area contributed by atoms with Gasteiger partial charge in [0, 0.05) is 6.54 Å². The Morgan fingerprint density at radius 2 is 1.37 bits per heavy atom. The van der Waals surface area contributed by atoms with Crippen molar-refractivity contribution in [1.82, 2.24) is 5.32 Å². The van der Waals surface area contributed by atoms with E-state index in [4.69, 9.17) is 19.7 Å². The van der Waals surface area contributed by atoms with Crippen LogP contribution in [0, 0.1) is 0 Å². The number of aliphatic carboxylic acids is 2. The van der Waals surface area contributed by atoms with Crippen LogP contribution in [0.4, 0.5) is 0 Å². The van der Waals surface area contributed by atoms with Crippen LogP contribution in [0.2, 0.25) is 0 Å². The largest absolute Gasteiger partial charge is 0.480 e. The second-order valence-electron chi connectivity index (χ2n) is 3.30. The quantitative estimate of drug-likeness (QED) is 0.361. The molecule has 0 saturated carbocycles. The number of amides is 1. The van der Waals surface area contributed by atoms with E-state index in [0.717, 1.165) is 0 Å². The Morgan fingerprint density at radius 3 is 2.00 bits per heavy atom. The molecule has 19 heavy (non-hydrogen) atoms. The summed E-state index contributed by atoms with van der Waals surface area (Å²) in [6.07, 6.45) is 0. The Hall–Kier alpha value is -1.71. The second kappa shape index (κ2) is 11.4. The summed E-state index contributed by atoms with van der Waals surface area (Å²) < 4.78 is 14.3. The number of carbonyl (C=O) groups excluding carboxylic acids is 1. The van der Waals surface area contributed by atoms with E-state index >= 15 is 0 Å². The van der Waals surface area contributed by atoms with Crippen molar-refractivity contribution in [1.29, 1.82) is 0 Å². The van der Waals surface area contributed by atoms with Gasteiger partial charge in [0.2, 0.25) is 5.91 Å². The Bertz CT molecular complexity index is 293. The maximum absolute atomic E-state index is 11.1. The normalized spacial score (nSPS) is 10.1. The van der Waals surface area contributed by atoms with Gasteiger partial charge in [-0.3, -0.25) is 4.79 Å². The highest BCUT2D eigenvalue weighted by Crippen LogP contribution is 1.80. The van der Waals surface area contributed by atoms with Gasteiger partial charge >= 0.3 is 11.9 Å². The zero-order chi connectivity index (χ0) is 14.5. The Morgan fingerprint density at radius 1 is 0.789 bits per heavy atom. The van der Waals surface area contributed by atoms with E-state index in [1.165, 1.54) is 0 Å². The van der Waals surface area contributed by atoms with Gasteiger partial charge in [0.15, 0.2) is 0 Å². The molecule has 0 atom stereocenters. The molecule has 0 aliphatic carbocycles. The van der Waals surface area contributed by atoms with Crippen molar-refractivity contribution < 1.29 is 38.8 Å². The average molecular weight is 279 g/mol. The van der Waals surface area contributed by atoms with E-state index in [2.05, 4.69) is 10.1 Å². The number of hydrogen-bond acceptors (Lipinski definition) is 6. The van der Waals surface area contributed by atoms with Gasteiger partial charge in [0.05, 0.1) is 19.8 Å². The van der Waals surface area contributed by atoms with Gasteiger partial charge in [-0.2, -0.15) is 0 Å². The lowest BCUT2D eigenvalue weighted by molar-refractivity contribution is -0.144. The summed E-state index contributed by atoms with van der Waals surface area (Å²) in [5.74, 6) is -2.63. The molecule has 0 aliphatic heterocycles. The molecule has 3 N–H and O–H groups in total. The summed E-state index contributed by atoms with van der Waals surface area (Å²) in [6, 6.07) is 0. The minimum absolute atomic E-state index is 0.155. The molecule has 0 heterocycles. The van der Waals surface area contributed by atoms with Crippen molar-refractivity contribution in [2.75, 3.05) is 46.2 Å². The van der Waals surface area contributed by atoms with Gasteiger partial charge in [-0.15, -0.1) is 0 Å². The standard InChI is InChI=1S/C10H17NO8/c12-8(5-19-7-10(15)16)11-1-2-17-3-4-18-6-9(13)14/h1-7H2,(H,11,12)(H,13,14)(H,15,16). The lowest BCUT2D eigenvalue weighted by Crippen LogP contribution is -2.31. The van der Waals surface area contributed by atoms with Gasteiger partial charge in [-0.1, -0.05) is 0 Å². The summed E-state index contributed by atoms with van der Waals surface area (Å²) >= 11 is 0. The van der Waals surface area contributed by atoms with Crippen LogP contribution in [0.25, 0.3) is 0 Å². The molecule has 1 amide bonds. The van der Waals surface area contributed by atoms with Crippen LogP contribution in [0.15, 0.2) is 0 Å². The Balaban J connectivity index is 3.23. The summed E-state index contributed by atoms with van der Waals surface area (Å²) in [5, 5.41) is 19.0. The number of carboxylic acid groups (broad SMARTS) is 2. The molecular formula is C10H17NO8. The highest BCUT2D eigenvalue weighted by molar-refractivity contribution is 5.77. The minimum Gasteiger partial charge on any atom is -0.480 e. The van der Waals surface area contributed by atoms with Crippen LogP contribution in [-0.2, 0) is 28.6 Å². The van der Waals surface area contributed by atoms with E-state index < -0.39 is 24.5 Å². The van der Waals surface area contributed by atoms with Crippen LogP contribution in [0.3, 0.4) is 0 Å². The summed E-state index contributed by atoms with van der Waals surface area (Å²) in [6.45, 7) is -0.365. The minimum atomic E-state index is -1.14. The van der Waals surface area contributed by atoms with Gasteiger partial charge in [0.25, 0.3) is 0 Å². The number of hydrogen-bond donors (Lipinski definition) is 3.